The maximum absolute atomic E-state index is 11.8. The van der Waals surface area contributed by atoms with Gasteiger partial charge in [0.2, 0.25) is 0 Å². The highest BCUT2D eigenvalue weighted by atomic mass is 16.5. The second kappa shape index (κ2) is 7.64. The van der Waals surface area contributed by atoms with E-state index < -0.39 is 6.09 Å². The number of hydrogen-bond acceptors (Lipinski definition) is 4. The Morgan fingerprint density at radius 2 is 2.09 bits per heavy atom. The smallest absolute Gasteiger partial charge is 0.407 e. The number of alkyl carbamates (subject to hydrolysis) is 1. The molecule has 22 heavy (non-hydrogen) atoms. The molecule has 1 N–H and O–H groups in total. The van der Waals surface area contributed by atoms with Crippen molar-refractivity contribution in [3.8, 4) is 0 Å². The fraction of sp³-hybridized carbons (Fsp3) is 0.412. The van der Waals surface area contributed by atoms with E-state index in [1.54, 1.807) is 0 Å². The van der Waals surface area contributed by atoms with Crippen molar-refractivity contribution in [3.63, 3.8) is 0 Å². The lowest BCUT2D eigenvalue weighted by atomic mass is 9.90. The lowest BCUT2D eigenvalue weighted by Gasteiger charge is -2.24. The third-order valence-corrected chi connectivity index (χ3v) is 3.49. The molecule has 5 nitrogen and oxygen atoms in total. The van der Waals surface area contributed by atoms with Gasteiger partial charge in [0.05, 0.1) is 0 Å². The van der Waals surface area contributed by atoms with Gasteiger partial charge in [0.15, 0.2) is 5.78 Å². The number of ketones is 1. The van der Waals surface area contributed by atoms with E-state index in [1.807, 2.05) is 55.5 Å². The molecular formula is C17H22N2O3. The summed E-state index contributed by atoms with van der Waals surface area (Å²) < 4.78 is 5.21. The third-order valence-electron chi connectivity index (χ3n) is 3.49. The van der Waals surface area contributed by atoms with Crippen LogP contribution in [-0.4, -0.2) is 36.9 Å². The largest absolute Gasteiger partial charge is 0.445 e. The molecule has 0 saturated heterocycles. The highest BCUT2D eigenvalue weighted by molar-refractivity contribution is 5.96. The average Bonchev–Trinajstić information content (AvgIpc) is 2.49. The van der Waals surface area contributed by atoms with Gasteiger partial charge in [-0.05, 0) is 18.4 Å². The van der Waals surface area contributed by atoms with Crippen LogP contribution in [0, 0.1) is 0 Å². The maximum Gasteiger partial charge on any atom is 0.407 e. The summed E-state index contributed by atoms with van der Waals surface area (Å²) in [6, 6.07) is 9.49. The number of nitrogens with one attached hydrogen (secondary N) is 1. The van der Waals surface area contributed by atoms with Crippen molar-refractivity contribution < 1.29 is 14.3 Å². The van der Waals surface area contributed by atoms with E-state index in [0.29, 0.717) is 19.3 Å². The zero-order valence-corrected chi connectivity index (χ0v) is 13.0. The summed E-state index contributed by atoms with van der Waals surface area (Å²) in [5.74, 6) is 0.157. The number of amides is 1. The molecule has 1 fully saturated rings. The van der Waals surface area contributed by atoms with Crippen molar-refractivity contribution in [2.75, 3.05) is 14.1 Å². The summed E-state index contributed by atoms with van der Waals surface area (Å²) in [5, 5.41) is 2.84. The van der Waals surface area contributed by atoms with Crippen molar-refractivity contribution in [1.29, 1.82) is 0 Å². The Balaban J connectivity index is 1.82. The number of carbonyl (C=O) groups is 2. The molecular weight excluding hydrogens is 280 g/mol. The van der Waals surface area contributed by atoms with Crippen LogP contribution < -0.4 is 5.32 Å². The van der Waals surface area contributed by atoms with Gasteiger partial charge in [-0.3, -0.25) is 4.79 Å². The third kappa shape index (κ3) is 4.91. The van der Waals surface area contributed by atoms with Crippen LogP contribution in [0.1, 0.15) is 24.8 Å². The Bertz CT molecular complexity index is 552. The Labute approximate surface area is 130 Å². The van der Waals surface area contributed by atoms with Gasteiger partial charge < -0.3 is 15.0 Å². The normalized spacial score (nSPS) is 19.8. The molecule has 1 atom stereocenters. The maximum atomic E-state index is 11.8. The predicted octanol–water partition coefficient (Wildman–Crippen LogP) is 2.48. The predicted molar refractivity (Wildman–Crippen MR) is 84.2 cm³/mol. The first kappa shape index (κ1) is 16.1. The highest BCUT2D eigenvalue weighted by Crippen LogP contribution is 2.21. The fourth-order valence-electron chi connectivity index (χ4n) is 2.44. The van der Waals surface area contributed by atoms with Gasteiger partial charge >= 0.3 is 6.09 Å². The molecule has 1 aromatic rings. The van der Waals surface area contributed by atoms with Crippen molar-refractivity contribution >= 4 is 11.9 Å². The van der Waals surface area contributed by atoms with E-state index in [1.165, 1.54) is 0 Å². The van der Waals surface area contributed by atoms with Crippen LogP contribution in [0.2, 0.25) is 0 Å². The molecule has 1 amide bonds. The van der Waals surface area contributed by atoms with Gasteiger partial charge in [0.25, 0.3) is 0 Å². The van der Waals surface area contributed by atoms with Crippen LogP contribution in [0.4, 0.5) is 4.79 Å². The summed E-state index contributed by atoms with van der Waals surface area (Å²) in [4.78, 5) is 25.5. The first-order chi connectivity index (χ1) is 10.5. The zero-order chi connectivity index (χ0) is 15.9. The van der Waals surface area contributed by atoms with Crippen molar-refractivity contribution in [2.45, 2.75) is 31.9 Å². The van der Waals surface area contributed by atoms with Gasteiger partial charge in [-0.25, -0.2) is 4.79 Å². The van der Waals surface area contributed by atoms with Gasteiger partial charge in [0, 0.05) is 38.3 Å². The summed E-state index contributed by atoms with van der Waals surface area (Å²) in [7, 11) is 3.76. The number of ether oxygens (including phenoxy) is 1. The van der Waals surface area contributed by atoms with Crippen LogP contribution in [0.5, 0.6) is 0 Å². The summed E-state index contributed by atoms with van der Waals surface area (Å²) in [5.41, 5.74) is 1.70. The molecule has 0 aliphatic heterocycles. The van der Waals surface area contributed by atoms with Crippen LogP contribution >= 0.6 is 0 Å². The number of Topliss-reactive ketones (excluding diaryl/α,β-unsaturated/α-hetero) is 1. The molecule has 0 bridgehead atoms. The molecule has 2 rings (SSSR count). The monoisotopic (exact) mass is 302 g/mol. The number of benzene rings is 1. The quantitative estimate of drug-likeness (QED) is 0.868. The molecule has 0 aromatic heterocycles. The first-order valence-electron chi connectivity index (χ1n) is 7.42. The second-order valence-corrected chi connectivity index (χ2v) is 5.69. The van der Waals surface area contributed by atoms with Crippen molar-refractivity contribution in [2.24, 2.45) is 0 Å². The Kier molecular flexibility index (Phi) is 5.58. The van der Waals surface area contributed by atoms with Crippen molar-refractivity contribution in [3.05, 3.63) is 47.7 Å². The molecule has 0 radical (unpaired) electrons. The average molecular weight is 302 g/mol. The Morgan fingerprint density at radius 1 is 1.36 bits per heavy atom. The van der Waals surface area contributed by atoms with Crippen molar-refractivity contribution in [1.82, 2.24) is 10.2 Å². The first-order valence-corrected chi connectivity index (χ1v) is 7.42. The van der Waals surface area contributed by atoms with E-state index in [9.17, 15) is 9.59 Å². The molecule has 118 valence electrons. The van der Waals surface area contributed by atoms with Crippen LogP contribution in [-0.2, 0) is 16.1 Å². The summed E-state index contributed by atoms with van der Waals surface area (Å²) in [6.45, 7) is 0.249. The minimum atomic E-state index is -0.438. The standard InChI is InChI=1S/C17H22N2O3/c1-19(2)11-14-10-15(8-9-16(14)20)18-17(21)22-12-13-6-4-3-5-7-13/h3-7,11,15H,8-10,12H2,1-2H3,(H,18,21)/b14-11-. The molecule has 1 unspecified atom stereocenters. The highest BCUT2D eigenvalue weighted by Gasteiger charge is 2.25. The molecule has 1 aromatic carbocycles. The van der Waals surface area contributed by atoms with Crippen LogP contribution in [0.25, 0.3) is 0 Å². The van der Waals surface area contributed by atoms with Gasteiger partial charge in [-0.1, -0.05) is 30.3 Å². The molecule has 1 aliphatic rings. The SMILES string of the molecule is CN(C)/C=C1/CC(NC(=O)OCc2ccccc2)CCC1=O. The van der Waals surface area contributed by atoms with Gasteiger partial charge in [0.1, 0.15) is 6.61 Å². The second-order valence-electron chi connectivity index (χ2n) is 5.69. The molecule has 5 heteroatoms. The van der Waals surface area contributed by atoms with E-state index >= 15 is 0 Å². The fourth-order valence-corrected chi connectivity index (χ4v) is 2.44. The minimum absolute atomic E-state index is 0.0489. The lowest BCUT2D eigenvalue weighted by Crippen LogP contribution is -2.39. The lowest BCUT2D eigenvalue weighted by molar-refractivity contribution is -0.116. The molecule has 1 saturated carbocycles. The number of hydrogen-bond donors (Lipinski definition) is 1. The van der Waals surface area contributed by atoms with E-state index in [4.69, 9.17) is 4.74 Å². The Morgan fingerprint density at radius 3 is 2.77 bits per heavy atom. The minimum Gasteiger partial charge on any atom is -0.445 e. The summed E-state index contributed by atoms with van der Waals surface area (Å²) in [6.07, 6.45) is 3.06. The van der Waals surface area contributed by atoms with E-state index in [0.717, 1.165) is 11.1 Å². The molecule has 0 heterocycles. The summed E-state index contributed by atoms with van der Waals surface area (Å²) >= 11 is 0. The topological polar surface area (TPSA) is 58.6 Å². The zero-order valence-electron chi connectivity index (χ0n) is 13.0. The van der Waals surface area contributed by atoms with Crippen LogP contribution in [0.3, 0.4) is 0 Å². The Hall–Kier alpha value is -2.30. The molecule has 0 spiro atoms. The molecule has 1 aliphatic carbocycles. The van der Waals surface area contributed by atoms with E-state index in [2.05, 4.69) is 5.32 Å². The number of nitrogens with zero attached hydrogens (tertiary/aromatic N) is 1. The van der Waals surface area contributed by atoms with E-state index in [-0.39, 0.29) is 18.4 Å². The van der Waals surface area contributed by atoms with Gasteiger partial charge in [-0.15, -0.1) is 0 Å². The number of carbonyl (C=O) groups excluding carboxylic acids is 2. The van der Waals surface area contributed by atoms with Gasteiger partial charge in [-0.2, -0.15) is 0 Å². The number of rotatable bonds is 4. The van der Waals surface area contributed by atoms with Crippen LogP contribution in [0.15, 0.2) is 42.1 Å².